The van der Waals surface area contributed by atoms with Crippen LogP contribution in [-0.4, -0.2) is 11.7 Å². The molecule has 0 aliphatic carbocycles. The number of hydrogen-bond donors (Lipinski definition) is 0. The van der Waals surface area contributed by atoms with Crippen LogP contribution in [-0.2, 0) is 0 Å². The molecule has 0 bridgehead atoms. The Bertz CT molecular complexity index is 404. The molecule has 0 aliphatic heterocycles. The van der Waals surface area contributed by atoms with Crippen LogP contribution in [0.4, 0.5) is 0 Å². The van der Waals surface area contributed by atoms with Gasteiger partial charge in [0, 0.05) is 10.6 Å². The van der Waals surface area contributed by atoms with Crippen LogP contribution >= 0.6 is 23.2 Å². The van der Waals surface area contributed by atoms with Gasteiger partial charge in [-0.2, -0.15) is 0 Å². The monoisotopic (exact) mass is 192 g/mol. The summed E-state index contributed by atoms with van der Waals surface area (Å²) in [6.45, 7) is 0. The molecule has 0 atom stereocenters. The SMILES string of the molecule is [2H]c1c([2H])c(C(=O)CCl)c([2H])c([2H])c1Cl. The van der Waals surface area contributed by atoms with E-state index in [4.69, 9.17) is 28.7 Å². The van der Waals surface area contributed by atoms with Crippen molar-refractivity contribution < 1.29 is 10.3 Å². The second kappa shape index (κ2) is 3.74. The lowest BCUT2D eigenvalue weighted by atomic mass is 10.2. The summed E-state index contributed by atoms with van der Waals surface area (Å²) in [6.07, 6.45) is 0. The third-order valence-corrected chi connectivity index (χ3v) is 1.43. The fourth-order valence-electron chi connectivity index (χ4n) is 0.503. The fourth-order valence-corrected chi connectivity index (χ4v) is 0.732. The van der Waals surface area contributed by atoms with Crippen LogP contribution in [0.5, 0.6) is 0 Å². The molecule has 0 aliphatic rings. The summed E-state index contributed by atoms with van der Waals surface area (Å²) in [4.78, 5) is 11.3. The van der Waals surface area contributed by atoms with E-state index >= 15 is 0 Å². The quantitative estimate of drug-likeness (QED) is 0.521. The van der Waals surface area contributed by atoms with Gasteiger partial charge in [-0.05, 0) is 24.2 Å². The fraction of sp³-hybridized carbons (Fsp3) is 0.125. The van der Waals surface area contributed by atoms with Crippen molar-refractivity contribution in [2.45, 2.75) is 0 Å². The first kappa shape index (κ1) is 4.48. The molecular formula is C8H6Cl2O. The second-order valence-electron chi connectivity index (χ2n) is 1.75. The Morgan fingerprint density at radius 2 is 2.00 bits per heavy atom. The van der Waals surface area contributed by atoms with Crippen molar-refractivity contribution in [2.24, 2.45) is 0 Å². The first-order valence-electron chi connectivity index (χ1n) is 4.76. The molecular weight excluding hydrogens is 183 g/mol. The van der Waals surface area contributed by atoms with Crippen molar-refractivity contribution in [1.82, 2.24) is 0 Å². The third-order valence-electron chi connectivity index (χ3n) is 0.995. The molecule has 0 radical (unpaired) electrons. The van der Waals surface area contributed by atoms with Gasteiger partial charge in [0.2, 0.25) is 0 Å². The van der Waals surface area contributed by atoms with Crippen LogP contribution in [0.2, 0.25) is 5.02 Å². The number of hydrogen-bond acceptors (Lipinski definition) is 1. The Morgan fingerprint density at radius 3 is 2.45 bits per heavy atom. The molecule has 0 N–H and O–H groups in total. The standard InChI is InChI=1S/C8H6Cl2O/c9-5-8(11)6-1-3-7(10)4-2-6/h1-4H,5H2/i1D,2D,3D,4D. The van der Waals surface area contributed by atoms with E-state index in [1.165, 1.54) is 0 Å². The van der Waals surface area contributed by atoms with Crippen molar-refractivity contribution in [3.05, 3.63) is 34.8 Å². The van der Waals surface area contributed by atoms with Crippen molar-refractivity contribution in [1.29, 1.82) is 0 Å². The van der Waals surface area contributed by atoms with E-state index in [1.54, 1.807) is 0 Å². The summed E-state index contributed by atoms with van der Waals surface area (Å²) in [5.74, 6) is -1.04. The van der Waals surface area contributed by atoms with Crippen LogP contribution in [0.3, 0.4) is 0 Å². The zero-order valence-electron chi connectivity index (χ0n) is 9.37. The normalized spacial score (nSPS) is 14.7. The molecule has 0 saturated carbocycles. The molecule has 1 rings (SSSR count). The summed E-state index contributed by atoms with van der Waals surface area (Å²) in [5, 5.41) is -0.295. The number of ketones is 1. The molecule has 0 unspecified atom stereocenters. The molecule has 58 valence electrons. The predicted octanol–water partition coefficient (Wildman–Crippen LogP) is 2.76. The van der Waals surface area contributed by atoms with E-state index in [9.17, 15) is 4.79 Å². The molecule has 0 aromatic heterocycles. The first-order chi connectivity index (χ1) is 6.91. The van der Waals surface area contributed by atoms with Gasteiger partial charge >= 0.3 is 0 Å². The van der Waals surface area contributed by atoms with E-state index in [0.29, 0.717) is 0 Å². The summed E-state index contributed by atoms with van der Waals surface area (Å²) < 4.78 is 29.7. The van der Waals surface area contributed by atoms with Gasteiger partial charge in [-0.1, -0.05) is 11.6 Å². The number of halogens is 2. The van der Waals surface area contributed by atoms with Gasteiger partial charge in [0.05, 0.1) is 11.4 Å². The van der Waals surface area contributed by atoms with Gasteiger partial charge in [-0.25, -0.2) is 0 Å². The van der Waals surface area contributed by atoms with Crippen LogP contribution in [0.1, 0.15) is 15.8 Å². The maximum atomic E-state index is 11.3. The van der Waals surface area contributed by atoms with Crippen molar-refractivity contribution in [3.8, 4) is 0 Å². The third kappa shape index (κ3) is 2.21. The highest BCUT2D eigenvalue weighted by Crippen LogP contribution is 2.10. The lowest BCUT2D eigenvalue weighted by molar-refractivity contribution is 0.102. The molecule has 0 spiro atoms. The van der Waals surface area contributed by atoms with Gasteiger partial charge < -0.3 is 0 Å². The maximum absolute atomic E-state index is 11.3. The smallest absolute Gasteiger partial charge is 0.177 e. The van der Waals surface area contributed by atoms with Gasteiger partial charge in [-0.15, -0.1) is 11.6 Å². The Balaban J connectivity index is 3.60. The van der Waals surface area contributed by atoms with Crippen LogP contribution in [0.15, 0.2) is 24.2 Å². The molecule has 1 aromatic carbocycles. The molecule has 11 heavy (non-hydrogen) atoms. The second-order valence-corrected chi connectivity index (χ2v) is 2.39. The molecule has 3 heteroatoms. The minimum absolute atomic E-state index is 0.295. The summed E-state index contributed by atoms with van der Waals surface area (Å²) in [7, 11) is 0. The minimum Gasteiger partial charge on any atom is -0.293 e. The predicted molar refractivity (Wildman–Crippen MR) is 46.5 cm³/mol. The van der Waals surface area contributed by atoms with E-state index in [0.717, 1.165) is 0 Å². The summed E-state index contributed by atoms with van der Waals surface area (Å²) in [6, 6.07) is -1.75. The Morgan fingerprint density at radius 1 is 1.45 bits per heavy atom. The number of alkyl halides is 1. The number of carbonyl (C=O) groups excluding carboxylic acids is 1. The van der Waals surface area contributed by atoms with Crippen LogP contribution in [0.25, 0.3) is 0 Å². The average molecular weight is 193 g/mol. The highest BCUT2D eigenvalue weighted by atomic mass is 35.5. The Labute approximate surface area is 80.5 Å². The minimum atomic E-state index is -0.648. The summed E-state index contributed by atoms with van der Waals surface area (Å²) in [5.41, 5.74) is -0.315. The van der Waals surface area contributed by atoms with Crippen molar-refractivity contribution >= 4 is 29.0 Å². The van der Waals surface area contributed by atoms with E-state index in [-0.39, 0.29) is 10.6 Å². The molecule has 1 nitrogen and oxygen atoms in total. The molecule has 1 aromatic rings. The largest absolute Gasteiger partial charge is 0.293 e. The van der Waals surface area contributed by atoms with Crippen molar-refractivity contribution in [2.75, 3.05) is 5.88 Å². The number of rotatable bonds is 2. The number of benzene rings is 1. The van der Waals surface area contributed by atoms with E-state index in [1.807, 2.05) is 0 Å². The topological polar surface area (TPSA) is 17.1 Å². The van der Waals surface area contributed by atoms with Crippen molar-refractivity contribution in [3.63, 3.8) is 0 Å². The number of Topliss-reactive ketones (excluding diaryl/α,β-unsaturated/α-hetero) is 1. The molecule has 0 fully saturated rings. The Hall–Kier alpha value is -0.530. The molecule has 0 heterocycles. The lowest BCUT2D eigenvalue weighted by Crippen LogP contribution is -1.98. The average Bonchev–Trinajstić information content (AvgIpc) is 2.23. The molecule has 0 amide bonds. The highest BCUT2D eigenvalue weighted by molar-refractivity contribution is 6.31. The lowest BCUT2D eigenvalue weighted by Gasteiger charge is -1.95. The van der Waals surface area contributed by atoms with E-state index < -0.39 is 35.8 Å². The van der Waals surface area contributed by atoms with Crippen LogP contribution < -0.4 is 0 Å². The summed E-state index contributed by atoms with van der Waals surface area (Å²) >= 11 is 10.9. The van der Waals surface area contributed by atoms with E-state index in [2.05, 4.69) is 0 Å². The Kier molecular flexibility index (Phi) is 1.53. The number of carbonyl (C=O) groups is 1. The zero-order chi connectivity index (χ0) is 11.7. The highest BCUT2D eigenvalue weighted by Gasteiger charge is 2.01. The van der Waals surface area contributed by atoms with Gasteiger partial charge in [-0.3, -0.25) is 4.79 Å². The molecule has 0 saturated heterocycles. The first-order valence-corrected chi connectivity index (χ1v) is 3.68. The maximum Gasteiger partial charge on any atom is 0.177 e. The van der Waals surface area contributed by atoms with Gasteiger partial charge in [0.25, 0.3) is 0 Å². The van der Waals surface area contributed by atoms with Gasteiger partial charge in [0.1, 0.15) is 0 Å². The van der Waals surface area contributed by atoms with Crippen LogP contribution in [0, 0.1) is 0 Å². The zero-order valence-corrected chi connectivity index (χ0v) is 6.88. The van der Waals surface area contributed by atoms with Gasteiger partial charge in [0.15, 0.2) is 5.78 Å².